The van der Waals surface area contributed by atoms with Gasteiger partial charge in [0.15, 0.2) is 0 Å². The minimum atomic E-state index is -0.748. The summed E-state index contributed by atoms with van der Waals surface area (Å²) < 4.78 is 5.67. The number of ketones is 2. The lowest BCUT2D eigenvalue weighted by Gasteiger charge is -2.30. The molecule has 1 heterocycles. The van der Waals surface area contributed by atoms with E-state index in [1.54, 1.807) is 18.2 Å². The van der Waals surface area contributed by atoms with Gasteiger partial charge in [0.2, 0.25) is 11.6 Å². The number of allylic oxidation sites excluding steroid dienone is 1. The van der Waals surface area contributed by atoms with E-state index in [1.807, 2.05) is 19.9 Å². The smallest absolute Gasteiger partial charge is 0.244 e. The number of Topliss-reactive ketones (excluding diaryl/α,β-unsaturated/α-hetero) is 2. The number of carbonyl (C=O) groups is 2. The third kappa shape index (κ3) is 1.73. The van der Waals surface area contributed by atoms with Gasteiger partial charge in [-0.05, 0) is 48.0 Å². The largest absolute Gasteiger partial charge is 0.506 e. The predicted molar refractivity (Wildman–Crippen MR) is 78.0 cm³/mol. The zero-order chi connectivity index (χ0) is 14.7. The summed E-state index contributed by atoms with van der Waals surface area (Å²) in [4.78, 5) is 24.0. The highest BCUT2D eigenvalue weighted by atomic mass is 79.9. The monoisotopic (exact) mass is 334 g/mol. The zero-order valence-corrected chi connectivity index (χ0v) is 12.4. The van der Waals surface area contributed by atoms with E-state index >= 15 is 0 Å². The fourth-order valence-electron chi connectivity index (χ4n) is 2.34. The molecular formula is C15H11BrO4. The molecule has 1 aliphatic carbocycles. The first-order chi connectivity index (χ1) is 9.32. The molecule has 0 aromatic heterocycles. The molecular weight excluding hydrogens is 324 g/mol. The number of aliphatic hydroxyl groups is 1. The van der Waals surface area contributed by atoms with E-state index < -0.39 is 17.2 Å². The lowest BCUT2D eigenvalue weighted by atomic mass is 9.87. The van der Waals surface area contributed by atoms with E-state index in [1.165, 1.54) is 0 Å². The molecule has 5 heteroatoms. The molecule has 1 aliphatic heterocycles. The van der Waals surface area contributed by atoms with Crippen molar-refractivity contribution in [3.05, 3.63) is 39.4 Å². The maximum atomic E-state index is 12.2. The number of benzene rings is 1. The Balaban J connectivity index is 2.31. The molecule has 1 N–H and O–H groups in total. The Labute approximate surface area is 123 Å². The van der Waals surface area contributed by atoms with E-state index in [0.29, 0.717) is 16.9 Å². The van der Waals surface area contributed by atoms with Gasteiger partial charge in [0.05, 0.1) is 0 Å². The standard InChI is InChI=1S/C15H11BrO4/c1-15(2)6-5-7-9(20-15)4-3-8-10(7)13(18)14(19)11(16)12(8)17/h3-6,17H,1-2H3. The van der Waals surface area contributed by atoms with Crippen molar-refractivity contribution in [2.45, 2.75) is 19.4 Å². The SMILES string of the molecule is CC1(C)C=Cc2c(ccc3c2C(=O)C(=O)C(Br)=C3O)O1. The maximum Gasteiger partial charge on any atom is 0.244 e. The Morgan fingerprint density at radius 1 is 1.20 bits per heavy atom. The molecule has 0 unspecified atom stereocenters. The summed E-state index contributed by atoms with van der Waals surface area (Å²) in [6.07, 6.45) is 3.58. The van der Waals surface area contributed by atoms with E-state index in [4.69, 9.17) is 4.74 Å². The van der Waals surface area contributed by atoms with Crippen LogP contribution in [-0.2, 0) is 4.79 Å². The molecule has 0 spiro atoms. The fraction of sp³-hybridized carbons (Fsp3) is 0.200. The van der Waals surface area contributed by atoms with Gasteiger partial charge in [-0.3, -0.25) is 9.59 Å². The van der Waals surface area contributed by atoms with Gasteiger partial charge in [-0.25, -0.2) is 0 Å². The molecule has 0 fully saturated rings. The lowest BCUT2D eigenvalue weighted by molar-refractivity contribution is -0.111. The number of hydrogen-bond donors (Lipinski definition) is 1. The van der Waals surface area contributed by atoms with Crippen LogP contribution in [-0.4, -0.2) is 22.3 Å². The number of aliphatic hydroxyl groups excluding tert-OH is 1. The number of hydrogen-bond acceptors (Lipinski definition) is 4. The summed E-state index contributed by atoms with van der Waals surface area (Å²) >= 11 is 2.95. The van der Waals surface area contributed by atoms with E-state index in [0.717, 1.165) is 0 Å². The van der Waals surface area contributed by atoms with Crippen LogP contribution in [0.15, 0.2) is 22.7 Å². The molecule has 0 radical (unpaired) electrons. The summed E-state index contributed by atoms with van der Waals surface area (Å²) in [5.41, 5.74) is 0.599. The quantitative estimate of drug-likeness (QED) is 0.739. The number of carbonyl (C=O) groups excluding carboxylic acids is 2. The second-order valence-corrected chi connectivity index (χ2v) is 6.05. The normalized spacial score (nSPS) is 19.6. The average molecular weight is 335 g/mol. The molecule has 0 atom stereocenters. The Hall–Kier alpha value is -1.88. The average Bonchev–Trinajstić information content (AvgIpc) is 2.40. The van der Waals surface area contributed by atoms with Gasteiger partial charge >= 0.3 is 0 Å². The van der Waals surface area contributed by atoms with Crippen molar-refractivity contribution in [3.63, 3.8) is 0 Å². The van der Waals surface area contributed by atoms with Crippen LogP contribution in [0.5, 0.6) is 5.75 Å². The van der Waals surface area contributed by atoms with Crippen LogP contribution >= 0.6 is 15.9 Å². The lowest BCUT2D eigenvalue weighted by Crippen LogP contribution is -2.29. The van der Waals surface area contributed by atoms with Gasteiger partial charge in [-0.2, -0.15) is 0 Å². The second-order valence-electron chi connectivity index (χ2n) is 5.26. The highest BCUT2D eigenvalue weighted by Gasteiger charge is 2.36. The molecule has 0 amide bonds. The van der Waals surface area contributed by atoms with Crippen molar-refractivity contribution < 1.29 is 19.4 Å². The molecule has 2 aliphatic rings. The van der Waals surface area contributed by atoms with Crippen LogP contribution in [0.25, 0.3) is 11.8 Å². The number of ether oxygens (including phenoxy) is 1. The van der Waals surface area contributed by atoms with Gasteiger partial charge in [0, 0.05) is 16.7 Å². The molecule has 1 aromatic rings. The minimum Gasteiger partial charge on any atom is -0.506 e. The van der Waals surface area contributed by atoms with E-state index in [9.17, 15) is 14.7 Å². The number of rotatable bonds is 0. The highest BCUT2D eigenvalue weighted by molar-refractivity contribution is 9.12. The van der Waals surface area contributed by atoms with Crippen molar-refractivity contribution in [2.24, 2.45) is 0 Å². The third-order valence-corrected chi connectivity index (χ3v) is 4.06. The summed E-state index contributed by atoms with van der Waals surface area (Å²) in [7, 11) is 0. The molecule has 0 saturated heterocycles. The number of halogens is 1. The van der Waals surface area contributed by atoms with Crippen molar-refractivity contribution in [3.8, 4) is 5.75 Å². The maximum absolute atomic E-state index is 12.2. The van der Waals surface area contributed by atoms with Crippen LogP contribution < -0.4 is 4.74 Å². The van der Waals surface area contributed by atoms with E-state index in [2.05, 4.69) is 15.9 Å². The molecule has 4 nitrogen and oxygen atoms in total. The molecule has 0 bridgehead atoms. The van der Waals surface area contributed by atoms with Crippen LogP contribution in [0.3, 0.4) is 0 Å². The van der Waals surface area contributed by atoms with Crippen LogP contribution in [0, 0.1) is 0 Å². The van der Waals surface area contributed by atoms with Crippen LogP contribution in [0.4, 0.5) is 0 Å². The topological polar surface area (TPSA) is 63.6 Å². The summed E-state index contributed by atoms with van der Waals surface area (Å²) in [5, 5.41) is 10.0. The fourth-order valence-corrected chi connectivity index (χ4v) is 2.73. The van der Waals surface area contributed by atoms with Crippen molar-refractivity contribution >= 4 is 39.3 Å². The molecule has 102 valence electrons. The first-order valence-corrected chi connectivity index (χ1v) is 6.84. The van der Waals surface area contributed by atoms with Crippen LogP contribution in [0.1, 0.15) is 35.3 Å². The van der Waals surface area contributed by atoms with Crippen LogP contribution in [0.2, 0.25) is 0 Å². The van der Waals surface area contributed by atoms with Gasteiger partial charge < -0.3 is 9.84 Å². The Morgan fingerprint density at radius 3 is 2.60 bits per heavy atom. The Kier molecular flexibility index (Phi) is 2.66. The van der Waals surface area contributed by atoms with Crippen molar-refractivity contribution in [1.82, 2.24) is 0 Å². The second kappa shape index (κ2) is 4.06. The number of fused-ring (bicyclic) bond motifs is 3. The first-order valence-electron chi connectivity index (χ1n) is 6.05. The summed E-state index contributed by atoms with van der Waals surface area (Å²) in [6.45, 7) is 3.79. The van der Waals surface area contributed by atoms with Gasteiger partial charge in [-0.1, -0.05) is 6.08 Å². The molecule has 0 saturated carbocycles. The first kappa shape index (κ1) is 13.1. The third-order valence-electron chi connectivity index (χ3n) is 3.33. The summed E-state index contributed by atoms with van der Waals surface area (Å²) in [6, 6.07) is 3.28. The molecule has 3 rings (SSSR count). The zero-order valence-electron chi connectivity index (χ0n) is 10.9. The van der Waals surface area contributed by atoms with Gasteiger partial charge in [-0.15, -0.1) is 0 Å². The van der Waals surface area contributed by atoms with Crippen molar-refractivity contribution in [2.75, 3.05) is 0 Å². The molecule has 1 aromatic carbocycles. The van der Waals surface area contributed by atoms with Crippen molar-refractivity contribution in [1.29, 1.82) is 0 Å². The van der Waals surface area contributed by atoms with Gasteiger partial charge in [0.1, 0.15) is 21.6 Å². The Morgan fingerprint density at radius 2 is 1.90 bits per heavy atom. The van der Waals surface area contributed by atoms with Gasteiger partial charge in [0.25, 0.3) is 0 Å². The molecule has 20 heavy (non-hydrogen) atoms. The van der Waals surface area contributed by atoms with E-state index in [-0.39, 0.29) is 15.8 Å². The summed E-state index contributed by atoms with van der Waals surface area (Å²) in [5.74, 6) is -1.08. The predicted octanol–water partition coefficient (Wildman–Crippen LogP) is 3.26. The minimum absolute atomic E-state index is 0.101. The Bertz CT molecular complexity index is 726. The highest BCUT2D eigenvalue weighted by Crippen LogP contribution is 2.40.